The van der Waals surface area contributed by atoms with E-state index >= 15 is 0 Å². The molecule has 3 amide bonds. The summed E-state index contributed by atoms with van der Waals surface area (Å²) >= 11 is 0. The van der Waals surface area contributed by atoms with Crippen LogP contribution >= 0.6 is 0 Å². The largest absolute Gasteiger partial charge is 0.352 e. The summed E-state index contributed by atoms with van der Waals surface area (Å²) in [6, 6.07) is 7.49. The fourth-order valence-corrected chi connectivity index (χ4v) is 3.93. The molecule has 8 heteroatoms. The van der Waals surface area contributed by atoms with Gasteiger partial charge in [-0.2, -0.15) is 0 Å². The fraction of sp³-hybridized carbons (Fsp3) is 0.455. The number of hydrogen-bond acceptors (Lipinski definition) is 5. The molecule has 158 valence electrons. The number of benzene rings is 1. The van der Waals surface area contributed by atoms with Crippen LogP contribution in [0.2, 0.25) is 0 Å². The van der Waals surface area contributed by atoms with E-state index in [1.165, 1.54) is 6.42 Å². The molecule has 0 radical (unpaired) electrons. The maximum absolute atomic E-state index is 12.5. The van der Waals surface area contributed by atoms with Crippen LogP contribution in [0.25, 0.3) is 0 Å². The first-order valence-corrected chi connectivity index (χ1v) is 10.6. The van der Waals surface area contributed by atoms with Gasteiger partial charge in [-0.25, -0.2) is 9.78 Å². The van der Waals surface area contributed by atoms with Crippen molar-refractivity contribution >= 4 is 17.8 Å². The number of piperazine rings is 1. The zero-order valence-electron chi connectivity index (χ0n) is 17.2. The Hall–Kier alpha value is -3.16. The smallest absolute Gasteiger partial charge is 0.317 e. The molecule has 1 N–H and O–H groups in total. The highest BCUT2D eigenvalue weighted by atomic mass is 16.2. The first kappa shape index (κ1) is 20.1. The Balaban J connectivity index is 1.23. The Bertz CT molecular complexity index is 844. The van der Waals surface area contributed by atoms with E-state index in [0.717, 1.165) is 50.4 Å². The average Bonchev–Trinajstić information content (AvgIpc) is 2.83. The number of anilines is 1. The summed E-state index contributed by atoms with van der Waals surface area (Å²) in [7, 11) is 0. The molecule has 0 aliphatic carbocycles. The highest BCUT2D eigenvalue weighted by Crippen LogP contribution is 2.14. The zero-order chi connectivity index (χ0) is 20.8. The van der Waals surface area contributed by atoms with Crippen molar-refractivity contribution in [1.29, 1.82) is 0 Å². The number of urea groups is 1. The number of carbonyl (C=O) groups excluding carboxylic acids is 2. The highest BCUT2D eigenvalue weighted by molar-refractivity contribution is 5.94. The van der Waals surface area contributed by atoms with Gasteiger partial charge in [0.2, 0.25) is 0 Å². The van der Waals surface area contributed by atoms with E-state index in [1.807, 2.05) is 34.1 Å². The van der Waals surface area contributed by atoms with Gasteiger partial charge in [-0.1, -0.05) is 12.1 Å². The minimum absolute atomic E-state index is 0.0673. The summed E-state index contributed by atoms with van der Waals surface area (Å²) in [5.74, 6) is 0.947. The van der Waals surface area contributed by atoms with Gasteiger partial charge in [-0.3, -0.25) is 9.78 Å². The van der Waals surface area contributed by atoms with Crippen LogP contribution in [0.3, 0.4) is 0 Å². The Kier molecular flexibility index (Phi) is 6.41. The quantitative estimate of drug-likeness (QED) is 0.838. The molecule has 30 heavy (non-hydrogen) atoms. The molecule has 2 saturated heterocycles. The molecule has 3 heterocycles. The Morgan fingerprint density at radius 2 is 1.60 bits per heavy atom. The van der Waals surface area contributed by atoms with E-state index in [4.69, 9.17) is 0 Å². The molecule has 0 saturated carbocycles. The van der Waals surface area contributed by atoms with Crippen LogP contribution < -0.4 is 10.2 Å². The van der Waals surface area contributed by atoms with Crippen LogP contribution in [-0.2, 0) is 6.54 Å². The Morgan fingerprint density at radius 3 is 2.27 bits per heavy atom. The van der Waals surface area contributed by atoms with Crippen molar-refractivity contribution in [2.75, 3.05) is 44.2 Å². The van der Waals surface area contributed by atoms with Gasteiger partial charge in [0.25, 0.3) is 5.91 Å². The lowest BCUT2D eigenvalue weighted by Gasteiger charge is -2.35. The number of rotatable bonds is 4. The van der Waals surface area contributed by atoms with Crippen molar-refractivity contribution in [2.45, 2.75) is 25.8 Å². The van der Waals surface area contributed by atoms with Gasteiger partial charge in [-0.05, 0) is 37.0 Å². The van der Waals surface area contributed by atoms with Crippen LogP contribution in [0.5, 0.6) is 0 Å². The molecule has 2 fully saturated rings. The van der Waals surface area contributed by atoms with E-state index in [-0.39, 0.29) is 11.9 Å². The molecular formula is C22H28N6O2. The molecule has 0 bridgehead atoms. The minimum Gasteiger partial charge on any atom is -0.352 e. The fourth-order valence-electron chi connectivity index (χ4n) is 3.93. The maximum atomic E-state index is 12.5. The van der Waals surface area contributed by atoms with Crippen LogP contribution in [-0.4, -0.2) is 71.0 Å². The van der Waals surface area contributed by atoms with Crippen molar-refractivity contribution in [2.24, 2.45) is 0 Å². The predicted molar refractivity (Wildman–Crippen MR) is 114 cm³/mol. The molecular weight excluding hydrogens is 380 g/mol. The summed E-state index contributed by atoms with van der Waals surface area (Å²) in [6.07, 6.45) is 8.46. The second kappa shape index (κ2) is 9.56. The standard InChI is InChI=1S/C22H28N6O2/c29-21(27-10-2-1-3-11-27)19-6-4-18(5-7-19)16-25-22(30)28-14-12-26(13-15-28)20-17-23-8-9-24-20/h4-9,17H,1-3,10-16H2,(H,25,30). The Labute approximate surface area is 176 Å². The molecule has 0 spiro atoms. The van der Waals surface area contributed by atoms with Gasteiger partial charge in [0.05, 0.1) is 6.20 Å². The van der Waals surface area contributed by atoms with Crippen molar-refractivity contribution in [1.82, 2.24) is 25.1 Å². The summed E-state index contributed by atoms with van der Waals surface area (Å²) in [5, 5.41) is 2.98. The van der Waals surface area contributed by atoms with E-state index in [9.17, 15) is 9.59 Å². The van der Waals surface area contributed by atoms with Gasteiger partial charge >= 0.3 is 6.03 Å². The van der Waals surface area contributed by atoms with Crippen molar-refractivity contribution < 1.29 is 9.59 Å². The average molecular weight is 409 g/mol. The third kappa shape index (κ3) is 4.87. The second-order valence-corrected chi connectivity index (χ2v) is 7.75. The number of nitrogens with one attached hydrogen (secondary N) is 1. The molecule has 2 aromatic rings. The SMILES string of the molecule is O=C(NCc1ccc(C(=O)N2CCCCC2)cc1)N1CCN(c2cnccn2)CC1. The molecule has 2 aliphatic rings. The van der Waals surface area contributed by atoms with Gasteiger partial charge < -0.3 is 20.0 Å². The van der Waals surface area contributed by atoms with Crippen LogP contribution in [0.15, 0.2) is 42.9 Å². The van der Waals surface area contributed by atoms with Crippen molar-refractivity contribution in [3.05, 3.63) is 54.0 Å². The molecule has 2 aliphatic heterocycles. The normalized spacial score (nSPS) is 17.0. The van der Waals surface area contributed by atoms with Crippen molar-refractivity contribution in [3.63, 3.8) is 0 Å². The number of nitrogens with zero attached hydrogens (tertiary/aromatic N) is 5. The minimum atomic E-state index is -0.0673. The molecule has 8 nitrogen and oxygen atoms in total. The van der Waals surface area contributed by atoms with Crippen LogP contribution in [0, 0.1) is 0 Å². The third-order valence-corrected chi connectivity index (χ3v) is 5.73. The van der Waals surface area contributed by atoms with E-state index in [1.54, 1.807) is 18.6 Å². The number of hydrogen-bond donors (Lipinski definition) is 1. The lowest BCUT2D eigenvalue weighted by molar-refractivity contribution is 0.0724. The van der Waals surface area contributed by atoms with Crippen LogP contribution in [0.4, 0.5) is 10.6 Å². The second-order valence-electron chi connectivity index (χ2n) is 7.75. The van der Waals surface area contributed by atoms with E-state index in [2.05, 4.69) is 20.2 Å². The van der Waals surface area contributed by atoms with Gasteiger partial charge in [0, 0.05) is 63.8 Å². The first-order valence-electron chi connectivity index (χ1n) is 10.6. The summed E-state index contributed by atoms with van der Waals surface area (Å²) in [5.41, 5.74) is 1.70. The van der Waals surface area contributed by atoms with E-state index < -0.39 is 0 Å². The molecule has 1 aromatic carbocycles. The van der Waals surface area contributed by atoms with Gasteiger partial charge in [-0.15, -0.1) is 0 Å². The van der Waals surface area contributed by atoms with Crippen LogP contribution in [0.1, 0.15) is 35.2 Å². The number of carbonyl (C=O) groups is 2. The summed E-state index contributed by atoms with van der Waals surface area (Å²) in [6.45, 7) is 4.90. The Morgan fingerprint density at radius 1 is 0.867 bits per heavy atom. The molecule has 0 atom stereocenters. The number of piperidine rings is 1. The van der Waals surface area contributed by atoms with Gasteiger partial charge in [0.15, 0.2) is 0 Å². The molecule has 4 rings (SSSR count). The topological polar surface area (TPSA) is 81.7 Å². The van der Waals surface area contributed by atoms with Gasteiger partial charge in [0.1, 0.15) is 5.82 Å². The first-order chi connectivity index (χ1) is 14.7. The zero-order valence-corrected chi connectivity index (χ0v) is 17.2. The number of likely N-dealkylation sites (tertiary alicyclic amines) is 1. The number of aromatic nitrogens is 2. The summed E-state index contributed by atoms with van der Waals surface area (Å²) < 4.78 is 0. The lowest BCUT2D eigenvalue weighted by Crippen LogP contribution is -2.51. The predicted octanol–water partition coefficient (Wildman–Crippen LogP) is 2.13. The monoisotopic (exact) mass is 408 g/mol. The highest BCUT2D eigenvalue weighted by Gasteiger charge is 2.22. The lowest BCUT2D eigenvalue weighted by atomic mass is 10.1. The third-order valence-electron chi connectivity index (χ3n) is 5.73. The summed E-state index contributed by atoms with van der Waals surface area (Å²) in [4.78, 5) is 39.4. The molecule has 1 aromatic heterocycles. The van der Waals surface area contributed by atoms with Crippen molar-refractivity contribution in [3.8, 4) is 0 Å². The molecule has 0 unspecified atom stereocenters. The van der Waals surface area contributed by atoms with E-state index in [0.29, 0.717) is 25.2 Å². The number of amides is 3. The maximum Gasteiger partial charge on any atom is 0.317 e.